The first-order valence-corrected chi connectivity index (χ1v) is 7.27. The Hall–Kier alpha value is -2.28. The minimum atomic E-state index is -1.67. The number of halogens is 2. The number of hydrogen-bond acceptors (Lipinski definition) is 3. The van der Waals surface area contributed by atoms with Gasteiger partial charge in [0.2, 0.25) is 0 Å². The van der Waals surface area contributed by atoms with Crippen molar-refractivity contribution in [2.45, 2.75) is 9.79 Å². The monoisotopic (exact) mass is 307 g/mol. The van der Waals surface area contributed by atoms with Crippen molar-refractivity contribution in [3.63, 3.8) is 0 Å². The van der Waals surface area contributed by atoms with Gasteiger partial charge in [-0.2, -0.15) is 5.10 Å². The topological polar surface area (TPSA) is 57.8 Å². The maximum atomic E-state index is 13.2. The Morgan fingerprint density at radius 3 is 2.48 bits per heavy atom. The first-order valence-electron chi connectivity index (χ1n) is 6.12. The van der Waals surface area contributed by atoms with E-state index >= 15 is 0 Å². The molecule has 21 heavy (non-hydrogen) atoms. The van der Waals surface area contributed by atoms with Crippen molar-refractivity contribution >= 4 is 27.5 Å². The highest BCUT2D eigenvalue weighted by molar-refractivity contribution is 7.85. The molecule has 0 bridgehead atoms. The minimum Gasteiger partial charge on any atom is -0.371 e. The Labute approximate surface area is 121 Å². The number of nitrogens with one attached hydrogen (secondary N) is 2. The average molecular weight is 307 g/mol. The molecule has 0 aliphatic heterocycles. The van der Waals surface area contributed by atoms with Crippen LogP contribution in [-0.2, 0) is 10.8 Å². The van der Waals surface area contributed by atoms with Gasteiger partial charge in [-0.25, -0.2) is 13.0 Å². The summed E-state index contributed by atoms with van der Waals surface area (Å²) >= 11 is 0. The predicted octanol–water partition coefficient (Wildman–Crippen LogP) is 3.05. The molecule has 0 saturated heterocycles. The Balaban J connectivity index is 2.08. The second-order valence-corrected chi connectivity index (χ2v) is 5.88. The third-order valence-electron chi connectivity index (χ3n) is 3.04. The second kappa shape index (κ2) is 5.25. The molecule has 2 aromatic carbocycles. The first-order chi connectivity index (χ1) is 10.1. The van der Waals surface area contributed by atoms with Crippen molar-refractivity contribution in [2.75, 3.05) is 12.4 Å². The first kappa shape index (κ1) is 13.7. The van der Waals surface area contributed by atoms with Crippen LogP contribution in [-0.4, -0.2) is 21.5 Å². The molecule has 0 spiro atoms. The molecule has 4 nitrogen and oxygen atoms in total. The SMILES string of the molecule is CNc1n[nH]c2ccc(S(=O)c3cc(F)cc(F)c3)cc12. The number of rotatable bonds is 3. The molecule has 0 saturated carbocycles. The van der Waals surface area contributed by atoms with Gasteiger partial charge in [-0.1, -0.05) is 0 Å². The maximum absolute atomic E-state index is 13.2. The number of nitrogens with zero attached hydrogens (tertiary/aromatic N) is 1. The molecule has 1 aromatic heterocycles. The lowest BCUT2D eigenvalue weighted by Gasteiger charge is -2.04. The summed E-state index contributed by atoms with van der Waals surface area (Å²) in [6.45, 7) is 0. The average Bonchev–Trinajstić information content (AvgIpc) is 2.87. The van der Waals surface area contributed by atoms with Crippen LogP contribution in [0.5, 0.6) is 0 Å². The smallest absolute Gasteiger partial charge is 0.155 e. The Kier molecular flexibility index (Phi) is 3.42. The molecule has 1 atom stereocenters. The zero-order chi connectivity index (χ0) is 15.0. The maximum Gasteiger partial charge on any atom is 0.155 e. The lowest BCUT2D eigenvalue weighted by molar-refractivity contribution is 0.576. The van der Waals surface area contributed by atoms with Gasteiger partial charge in [0.1, 0.15) is 11.6 Å². The van der Waals surface area contributed by atoms with Crippen LogP contribution in [0.15, 0.2) is 46.2 Å². The highest BCUT2D eigenvalue weighted by Crippen LogP contribution is 2.25. The summed E-state index contributed by atoms with van der Waals surface area (Å²) in [4.78, 5) is 0.534. The molecule has 1 unspecified atom stereocenters. The van der Waals surface area contributed by atoms with Crippen molar-refractivity contribution in [1.29, 1.82) is 0 Å². The highest BCUT2D eigenvalue weighted by atomic mass is 32.2. The van der Waals surface area contributed by atoms with Crippen LogP contribution in [0.1, 0.15) is 0 Å². The van der Waals surface area contributed by atoms with Crippen molar-refractivity contribution in [3.05, 3.63) is 48.0 Å². The molecule has 2 N–H and O–H groups in total. The van der Waals surface area contributed by atoms with E-state index in [9.17, 15) is 13.0 Å². The molecular weight excluding hydrogens is 296 g/mol. The number of fused-ring (bicyclic) bond motifs is 1. The molecule has 1 heterocycles. The van der Waals surface area contributed by atoms with E-state index in [0.29, 0.717) is 10.7 Å². The van der Waals surface area contributed by atoms with Gasteiger partial charge in [0.25, 0.3) is 0 Å². The number of anilines is 1. The quantitative estimate of drug-likeness (QED) is 0.782. The summed E-state index contributed by atoms with van der Waals surface area (Å²) in [5, 5.41) is 10.6. The van der Waals surface area contributed by atoms with Gasteiger partial charge in [0.05, 0.1) is 16.3 Å². The number of aromatic nitrogens is 2. The van der Waals surface area contributed by atoms with E-state index in [1.807, 2.05) is 0 Å². The zero-order valence-electron chi connectivity index (χ0n) is 11.0. The molecule has 7 heteroatoms. The van der Waals surface area contributed by atoms with Gasteiger partial charge in [-0.3, -0.25) is 5.10 Å². The Morgan fingerprint density at radius 2 is 1.81 bits per heavy atom. The summed E-state index contributed by atoms with van der Waals surface area (Å²) in [6, 6.07) is 7.93. The van der Waals surface area contributed by atoms with E-state index in [1.54, 1.807) is 25.2 Å². The van der Waals surface area contributed by atoms with E-state index in [2.05, 4.69) is 15.5 Å². The van der Waals surface area contributed by atoms with Gasteiger partial charge in [0.15, 0.2) is 5.82 Å². The fourth-order valence-corrected chi connectivity index (χ4v) is 3.20. The van der Waals surface area contributed by atoms with Crippen LogP contribution in [0.2, 0.25) is 0 Å². The second-order valence-electron chi connectivity index (χ2n) is 4.40. The summed E-state index contributed by atoms with van der Waals surface area (Å²) in [5.41, 5.74) is 0.783. The van der Waals surface area contributed by atoms with E-state index in [-0.39, 0.29) is 4.90 Å². The van der Waals surface area contributed by atoms with Gasteiger partial charge < -0.3 is 5.32 Å². The van der Waals surface area contributed by atoms with Crippen molar-refractivity contribution < 1.29 is 13.0 Å². The van der Waals surface area contributed by atoms with Crippen LogP contribution in [0.3, 0.4) is 0 Å². The van der Waals surface area contributed by atoms with Crippen LogP contribution in [0.4, 0.5) is 14.6 Å². The largest absolute Gasteiger partial charge is 0.371 e. The van der Waals surface area contributed by atoms with E-state index in [1.165, 1.54) is 0 Å². The fraction of sp³-hybridized carbons (Fsp3) is 0.0714. The molecular formula is C14H11F2N3OS. The van der Waals surface area contributed by atoms with Crippen LogP contribution >= 0.6 is 0 Å². The van der Waals surface area contributed by atoms with Gasteiger partial charge in [0, 0.05) is 28.3 Å². The fourth-order valence-electron chi connectivity index (χ4n) is 2.07. The molecule has 3 aromatic rings. The normalized spacial score (nSPS) is 12.5. The molecule has 0 aliphatic rings. The Morgan fingerprint density at radius 1 is 1.10 bits per heavy atom. The van der Waals surface area contributed by atoms with E-state index < -0.39 is 22.4 Å². The molecule has 0 amide bonds. The van der Waals surface area contributed by atoms with E-state index in [4.69, 9.17) is 0 Å². The number of hydrogen-bond donors (Lipinski definition) is 2. The lowest BCUT2D eigenvalue weighted by atomic mass is 10.2. The number of H-pyrrole nitrogens is 1. The minimum absolute atomic E-state index is 0.0846. The van der Waals surface area contributed by atoms with Crippen molar-refractivity contribution in [1.82, 2.24) is 10.2 Å². The third-order valence-corrected chi connectivity index (χ3v) is 4.38. The predicted molar refractivity (Wildman–Crippen MR) is 76.7 cm³/mol. The van der Waals surface area contributed by atoms with E-state index in [0.717, 1.165) is 29.1 Å². The molecule has 3 rings (SSSR count). The summed E-state index contributed by atoms with van der Waals surface area (Å²) < 4.78 is 38.9. The summed E-state index contributed by atoms with van der Waals surface area (Å²) in [7, 11) is 0.0562. The van der Waals surface area contributed by atoms with Crippen LogP contribution < -0.4 is 5.32 Å². The molecule has 0 fully saturated rings. The highest BCUT2D eigenvalue weighted by Gasteiger charge is 2.13. The van der Waals surface area contributed by atoms with Gasteiger partial charge in [-0.05, 0) is 30.3 Å². The summed E-state index contributed by atoms with van der Waals surface area (Å²) in [5.74, 6) is -0.883. The standard InChI is InChI=1S/C14H11F2N3OS/c1-17-14-12-7-10(2-3-13(12)18-19-14)21(20)11-5-8(15)4-9(16)6-11/h2-7H,1H3,(H2,17,18,19). The zero-order valence-corrected chi connectivity index (χ0v) is 11.8. The third kappa shape index (κ3) is 2.52. The van der Waals surface area contributed by atoms with Gasteiger partial charge >= 0.3 is 0 Å². The lowest BCUT2D eigenvalue weighted by Crippen LogP contribution is -1.95. The van der Waals surface area contributed by atoms with Crippen molar-refractivity contribution in [2.24, 2.45) is 0 Å². The molecule has 0 radical (unpaired) electrons. The van der Waals surface area contributed by atoms with Crippen LogP contribution in [0, 0.1) is 11.6 Å². The summed E-state index contributed by atoms with van der Waals surface area (Å²) in [6.07, 6.45) is 0. The molecule has 108 valence electrons. The molecule has 0 aliphatic carbocycles. The Bertz CT molecular complexity index is 827. The van der Waals surface area contributed by atoms with Crippen molar-refractivity contribution in [3.8, 4) is 0 Å². The number of benzene rings is 2. The van der Waals surface area contributed by atoms with Crippen LogP contribution in [0.25, 0.3) is 10.9 Å². The van der Waals surface area contributed by atoms with Gasteiger partial charge in [-0.15, -0.1) is 0 Å². The number of aromatic amines is 1.